The fourth-order valence-corrected chi connectivity index (χ4v) is 1.84. The third kappa shape index (κ3) is 1.64. The number of aliphatic imine (C=N–C) groups is 1. The quantitative estimate of drug-likeness (QED) is 0.619. The Hall–Kier alpha value is -1.11. The molecule has 1 heteroatoms. The molecule has 1 nitrogen and oxygen atoms in total. The molecule has 1 aliphatic rings. The van der Waals surface area contributed by atoms with Crippen LogP contribution in [0.1, 0.15) is 30.9 Å². The van der Waals surface area contributed by atoms with Crippen molar-refractivity contribution in [3.8, 4) is 0 Å². The molecule has 0 spiro atoms. The highest BCUT2D eigenvalue weighted by atomic mass is 14.8. The zero-order chi connectivity index (χ0) is 9.26. The molecule has 1 aliphatic heterocycles. The van der Waals surface area contributed by atoms with Gasteiger partial charge in [0.1, 0.15) is 0 Å². The van der Waals surface area contributed by atoms with Crippen LogP contribution >= 0.6 is 0 Å². The number of aryl methyl sites for hydroxylation is 1. The molecule has 0 amide bonds. The Morgan fingerprint density at radius 2 is 2.08 bits per heavy atom. The molecule has 1 heterocycles. The summed E-state index contributed by atoms with van der Waals surface area (Å²) in [6.45, 7) is 4.34. The minimum Gasteiger partial charge on any atom is -0.286 e. The molecule has 13 heavy (non-hydrogen) atoms. The molecule has 1 atom stereocenters. The van der Waals surface area contributed by atoms with Crippen LogP contribution in [0.15, 0.2) is 29.3 Å². The molecule has 0 fully saturated rings. The van der Waals surface area contributed by atoms with Crippen molar-refractivity contribution in [1.29, 1.82) is 0 Å². The lowest BCUT2D eigenvalue weighted by Crippen LogP contribution is -1.98. The molecule has 0 radical (unpaired) electrons. The number of nitrogens with zero attached hydrogens (tertiary/aromatic N) is 1. The van der Waals surface area contributed by atoms with Crippen molar-refractivity contribution in [3.05, 3.63) is 35.4 Å². The summed E-state index contributed by atoms with van der Waals surface area (Å²) in [7, 11) is 0. The zero-order valence-corrected chi connectivity index (χ0v) is 8.25. The Bertz CT molecular complexity index is 339. The van der Waals surface area contributed by atoms with Crippen LogP contribution in [-0.4, -0.2) is 11.8 Å². The predicted octanol–water partition coefficient (Wildman–Crippen LogP) is 2.97. The fraction of sp³-hybridized carbons (Fsp3) is 0.417. The van der Waals surface area contributed by atoms with Gasteiger partial charge in [-0.25, -0.2) is 0 Å². The van der Waals surface area contributed by atoms with Gasteiger partial charge >= 0.3 is 0 Å². The molecular weight excluding hydrogens is 158 g/mol. The van der Waals surface area contributed by atoms with E-state index in [1.165, 1.54) is 23.3 Å². The number of hydrogen-bond acceptors (Lipinski definition) is 1. The molecule has 0 saturated heterocycles. The predicted molar refractivity (Wildman–Crippen MR) is 56.4 cm³/mol. The monoisotopic (exact) mass is 173 g/mol. The summed E-state index contributed by atoms with van der Waals surface area (Å²) in [4.78, 5) is 4.64. The van der Waals surface area contributed by atoms with Crippen LogP contribution in [0.5, 0.6) is 0 Å². The average molecular weight is 173 g/mol. The zero-order valence-electron chi connectivity index (χ0n) is 8.25. The molecular formula is C12H15N. The minimum absolute atomic E-state index is 0.523. The fourth-order valence-electron chi connectivity index (χ4n) is 1.84. The normalized spacial score (nSPS) is 21.7. The maximum Gasteiger partial charge on any atom is 0.0478 e. The van der Waals surface area contributed by atoms with Crippen LogP contribution in [0.2, 0.25) is 0 Å². The summed E-state index contributed by atoms with van der Waals surface area (Å²) in [5.74, 6) is 0. The van der Waals surface area contributed by atoms with E-state index < -0.39 is 0 Å². The summed E-state index contributed by atoms with van der Waals surface area (Å²) in [6.07, 6.45) is 2.36. The van der Waals surface area contributed by atoms with Crippen molar-refractivity contribution in [1.82, 2.24) is 0 Å². The summed E-state index contributed by atoms with van der Waals surface area (Å²) in [5.41, 5.74) is 3.98. The Morgan fingerprint density at radius 3 is 2.69 bits per heavy atom. The lowest BCUT2D eigenvalue weighted by molar-refractivity contribution is 0.739. The first kappa shape index (κ1) is 8.49. The molecule has 0 aromatic heterocycles. The first-order valence-corrected chi connectivity index (χ1v) is 4.90. The van der Waals surface area contributed by atoms with E-state index in [2.05, 4.69) is 43.1 Å². The van der Waals surface area contributed by atoms with Crippen LogP contribution in [0.3, 0.4) is 0 Å². The van der Waals surface area contributed by atoms with E-state index in [1.807, 2.05) is 0 Å². The first-order valence-electron chi connectivity index (χ1n) is 4.90. The summed E-state index contributed by atoms with van der Waals surface area (Å²) in [5, 5.41) is 0. The van der Waals surface area contributed by atoms with Crippen molar-refractivity contribution in [3.63, 3.8) is 0 Å². The topological polar surface area (TPSA) is 12.4 Å². The van der Waals surface area contributed by atoms with Crippen LogP contribution in [0, 0.1) is 6.92 Å². The van der Waals surface area contributed by atoms with Gasteiger partial charge in [0.05, 0.1) is 0 Å². The van der Waals surface area contributed by atoms with Gasteiger partial charge in [0.25, 0.3) is 0 Å². The van der Waals surface area contributed by atoms with Gasteiger partial charge < -0.3 is 0 Å². The first-order chi connectivity index (χ1) is 6.27. The Kier molecular flexibility index (Phi) is 2.17. The van der Waals surface area contributed by atoms with Crippen LogP contribution in [-0.2, 0) is 0 Å². The number of hydrogen-bond donors (Lipinski definition) is 0. The van der Waals surface area contributed by atoms with Gasteiger partial charge in [0.15, 0.2) is 0 Å². The van der Waals surface area contributed by atoms with Gasteiger partial charge in [-0.2, -0.15) is 0 Å². The lowest BCUT2D eigenvalue weighted by atomic mass is 10.0. The summed E-state index contributed by atoms with van der Waals surface area (Å²) >= 11 is 0. The molecule has 2 rings (SSSR count). The van der Waals surface area contributed by atoms with E-state index >= 15 is 0 Å². The highest BCUT2D eigenvalue weighted by Gasteiger charge is 2.15. The molecule has 1 aromatic carbocycles. The van der Waals surface area contributed by atoms with E-state index in [-0.39, 0.29) is 0 Å². The van der Waals surface area contributed by atoms with Crippen LogP contribution in [0.4, 0.5) is 0 Å². The standard InChI is InChI=1S/C12H15N/c1-9-5-3-4-6-11(9)12-8-7-10(2)13-12/h3-6,10H,7-8H2,1-2H3/t10-/m1/s1. The van der Waals surface area contributed by atoms with Crippen molar-refractivity contribution < 1.29 is 0 Å². The highest BCUT2D eigenvalue weighted by molar-refractivity contribution is 6.02. The van der Waals surface area contributed by atoms with Gasteiger partial charge in [0.2, 0.25) is 0 Å². The number of benzene rings is 1. The van der Waals surface area contributed by atoms with Gasteiger partial charge in [0, 0.05) is 11.8 Å². The maximum absolute atomic E-state index is 4.64. The molecule has 0 bridgehead atoms. The smallest absolute Gasteiger partial charge is 0.0478 e. The van der Waals surface area contributed by atoms with Gasteiger partial charge in [-0.05, 0) is 37.8 Å². The van der Waals surface area contributed by atoms with Gasteiger partial charge in [-0.3, -0.25) is 4.99 Å². The third-order valence-electron chi connectivity index (χ3n) is 2.63. The Morgan fingerprint density at radius 1 is 1.31 bits per heavy atom. The van der Waals surface area contributed by atoms with E-state index in [4.69, 9.17) is 0 Å². The summed E-state index contributed by atoms with van der Waals surface area (Å²) in [6, 6.07) is 9.02. The molecule has 0 unspecified atom stereocenters. The third-order valence-corrected chi connectivity index (χ3v) is 2.63. The minimum atomic E-state index is 0.523. The van der Waals surface area contributed by atoms with Crippen molar-refractivity contribution in [2.24, 2.45) is 4.99 Å². The number of rotatable bonds is 1. The van der Waals surface area contributed by atoms with Crippen molar-refractivity contribution in [2.45, 2.75) is 32.7 Å². The molecule has 68 valence electrons. The van der Waals surface area contributed by atoms with Gasteiger partial charge in [-0.15, -0.1) is 0 Å². The van der Waals surface area contributed by atoms with Crippen LogP contribution in [0.25, 0.3) is 0 Å². The van der Waals surface area contributed by atoms with E-state index in [0.717, 1.165) is 6.42 Å². The highest BCUT2D eigenvalue weighted by Crippen LogP contribution is 2.20. The van der Waals surface area contributed by atoms with Crippen LogP contribution < -0.4 is 0 Å². The van der Waals surface area contributed by atoms with E-state index in [0.29, 0.717) is 6.04 Å². The largest absolute Gasteiger partial charge is 0.286 e. The molecule has 0 N–H and O–H groups in total. The van der Waals surface area contributed by atoms with E-state index in [1.54, 1.807) is 0 Å². The Balaban J connectivity index is 2.36. The SMILES string of the molecule is Cc1ccccc1C1=N[C@H](C)CC1. The Labute approximate surface area is 79.5 Å². The lowest BCUT2D eigenvalue weighted by Gasteiger charge is -2.03. The second-order valence-electron chi connectivity index (χ2n) is 3.78. The van der Waals surface area contributed by atoms with Crippen molar-refractivity contribution >= 4 is 5.71 Å². The maximum atomic E-state index is 4.64. The second kappa shape index (κ2) is 3.33. The molecule has 0 saturated carbocycles. The summed E-state index contributed by atoms with van der Waals surface area (Å²) < 4.78 is 0. The second-order valence-corrected chi connectivity index (χ2v) is 3.78. The molecule has 1 aromatic rings. The molecule has 0 aliphatic carbocycles. The van der Waals surface area contributed by atoms with E-state index in [9.17, 15) is 0 Å². The van der Waals surface area contributed by atoms with Gasteiger partial charge in [-0.1, -0.05) is 24.3 Å². The average Bonchev–Trinajstić information content (AvgIpc) is 2.53. The van der Waals surface area contributed by atoms with Crippen molar-refractivity contribution in [2.75, 3.05) is 0 Å².